The molecule has 1 atom stereocenters. The van der Waals surface area contributed by atoms with Crippen molar-refractivity contribution < 1.29 is 4.79 Å². The Bertz CT molecular complexity index is 363. The lowest BCUT2D eigenvalue weighted by Gasteiger charge is -2.13. The van der Waals surface area contributed by atoms with E-state index in [0.717, 1.165) is 18.8 Å². The van der Waals surface area contributed by atoms with Gasteiger partial charge in [0.25, 0.3) is 0 Å². The highest BCUT2D eigenvalue weighted by Gasteiger charge is 2.30. The molecule has 2 rings (SSSR count). The second-order valence-corrected chi connectivity index (χ2v) is 4.09. The lowest BCUT2D eigenvalue weighted by atomic mass is 10.1. The van der Waals surface area contributed by atoms with E-state index in [-0.39, 0.29) is 11.8 Å². The fourth-order valence-electron chi connectivity index (χ4n) is 1.80. The van der Waals surface area contributed by atoms with Crippen molar-refractivity contribution in [2.45, 2.75) is 19.9 Å². The standard InChI is InChI=1S/C10H14ClN3O/c1-2-13-7-9(5-12-13)14-6-8(4-11)3-10(14)15/h5,7-8H,2-4,6H2,1H3. The second-order valence-electron chi connectivity index (χ2n) is 3.78. The van der Waals surface area contributed by atoms with Crippen LogP contribution in [0.25, 0.3) is 0 Å². The number of hydrogen-bond acceptors (Lipinski definition) is 2. The van der Waals surface area contributed by atoms with Gasteiger partial charge in [-0.05, 0) is 12.8 Å². The van der Waals surface area contributed by atoms with Crippen molar-refractivity contribution in [1.82, 2.24) is 9.78 Å². The molecule has 15 heavy (non-hydrogen) atoms. The van der Waals surface area contributed by atoms with E-state index in [2.05, 4.69) is 5.10 Å². The van der Waals surface area contributed by atoms with Crippen LogP contribution in [0, 0.1) is 5.92 Å². The van der Waals surface area contributed by atoms with Gasteiger partial charge < -0.3 is 4.90 Å². The summed E-state index contributed by atoms with van der Waals surface area (Å²) < 4.78 is 1.82. The average Bonchev–Trinajstić information content (AvgIpc) is 2.83. The highest BCUT2D eigenvalue weighted by atomic mass is 35.5. The lowest BCUT2D eigenvalue weighted by Crippen LogP contribution is -2.24. The molecule has 0 saturated carbocycles. The number of aromatic nitrogens is 2. The molecule has 0 N–H and O–H groups in total. The number of carbonyl (C=O) groups is 1. The number of nitrogens with zero attached hydrogens (tertiary/aromatic N) is 3. The molecule has 1 aromatic heterocycles. The summed E-state index contributed by atoms with van der Waals surface area (Å²) >= 11 is 5.76. The number of halogens is 1. The summed E-state index contributed by atoms with van der Waals surface area (Å²) in [7, 11) is 0. The van der Waals surface area contributed by atoms with Gasteiger partial charge >= 0.3 is 0 Å². The van der Waals surface area contributed by atoms with Crippen LogP contribution in [-0.4, -0.2) is 28.1 Å². The third-order valence-corrected chi connectivity index (χ3v) is 3.12. The van der Waals surface area contributed by atoms with Crippen molar-refractivity contribution in [3.05, 3.63) is 12.4 Å². The van der Waals surface area contributed by atoms with E-state index in [4.69, 9.17) is 11.6 Å². The number of amides is 1. The zero-order valence-electron chi connectivity index (χ0n) is 8.69. The normalized spacial score (nSPS) is 21.3. The monoisotopic (exact) mass is 227 g/mol. The minimum absolute atomic E-state index is 0.149. The zero-order chi connectivity index (χ0) is 10.8. The third kappa shape index (κ3) is 2.00. The molecular formula is C10H14ClN3O. The maximum atomic E-state index is 11.7. The smallest absolute Gasteiger partial charge is 0.227 e. The molecule has 0 spiro atoms. The Labute approximate surface area is 93.8 Å². The van der Waals surface area contributed by atoms with Crippen LogP contribution in [0.3, 0.4) is 0 Å². The van der Waals surface area contributed by atoms with E-state index in [9.17, 15) is 4.79 Å². The maximum Gasteiger partial charge on any atom is 0.227 e. The number of hydrogen-bond donors (Lipinski definition) is 0. The van der Waals surface area contributed by atoms with Crippen molar-refractivity contribution in [2.24, 2.45) is 5.92 Å². The summed E-state index contributed by atoms with van der Waals surface area (Å²) in [5.74, 6) is 0.977. The number of carbonyl (C=O) groups excluding carboxylic acids is 1. The summed E-state index contributed by atoms with van der Waals surface area (Å²) in [4.78, 5) is 13.4. The van der Waals surface area contributed by atoms with Crippen LogP contribution in [0.4, 0.5) is 5.69 Å². The summed E-state index contributed by atoms with van der Waals surface area (Å²) in [6.07, 6.45) is 4.19. The van der Waals surface area contributed by atoms with Crippen LogP contribution in [0.15, 0.2) is 12.4 Å². The number of alkyl halides is 1. The van der Waals surface area contributed by atoms with Gasteiger partial charge in [0, 0.05) is 31.6 Å². The molecule has 1 unspecified atom stereocenters. The topological polar surface area (TPSA) is 38.1 Å². The van der Waals surface area contributed by atoms with Crippen LogP contribution in [0.2, 0.25) is 0 Å². The SMILES string of the molecule is CCn1cc(N2CC(CCl)CC2=O)cn1. The van der Waals surface area contributed by atoms with E-state index < -0.39 is 0 Å². The summed E-state index contributed by atoms with van der Waals surface area (Å²) in [6.45, 7) is 3.56. The molecule has 1 aliphatic heterocycles. The predicted molar refractivity (Wildman–Crippen MR) is 59.1 cm³/mol. The zero-order valence-corrected chi connectivity index (χ0v) is 9.44. The van der Waals surface area contributed by atoms with Crippen molar-refractivity contribution in [3.63, 3.8) is 0 Å². The Kier molecular flexibility index (Phi) is 2.95. The predicted octanol–water partition coefficient (Wildman–Crippen LogP) is 1.49. The summed E-state index contributed by atoms with van der Waals surface area (Å²) in [5, 5.41) is 4.15. The first kappa shape index (κ1) is 10.5. The summed E-state index contributed by atoms with van der Waals surface area (Å²) in [6, 6.07) is 0. The van der Waals surface area contributed by atoms with Crippen LogP contribution >= 0.6 is 11.6 Å². The molecule has 0 aliphatic carbocycles. The van der Waals surface area contributed by atoms with Crippen LogP contribution in [0.5, 0.6) is 0 Å². The highest BCUT2D eigenvalue weighted by molar-refractivity contribution is 6.18. The highest BCUT2D eigenvalue weighted by Crippen LogP contribution is 2.25. The molecule has 1 aromatic rings. The molecule has 1 saturated heterocycles. The largest absolute Gasteiger partial charge is 0.309 e. The molecule has 1 fully saturated rings. The molecule has 0 aromatic carbocycles. The van der Waals surface area contributed by atoms with E-state index in [1.54, 1.807) is 11.1 Å². The maximum absolute atomic E-state index is 11.7. The minimum Gasteiger partial charge on any atom is -0.309 e. The van der Waals surface area contributed by atoms with E-state index >= 15 is 0 Å². The quantitative estimate of drug-likeness (QED) is 0.734. The molecule has 5 heteroatoms. The summed E-state index contributed by atoms with van der Waals surface area (Å²) in [5.41, 5.74) is 0.884. The first-order chi connectivity index (χ1) is 7.24. The molecule has 82 valence electrons. The molecule has 2 heterocycles. The fraction of sp³-hybridized carbons (Fsp3) is 0.600. The minimum atomic E-state index is 0.149. The molecule has 1 amide bonds. The number of anilines is 1. The average molecular weight is 228 g/mol. The number of rotatable bonds is 3. The van der Waals surface area contributed by atoms with Gasteiger partial charge in [0.15, 0.2) is 0 Å². The first-order valence-electron chi connectivity index (χ1n) is 5.13. The Balaban J connectivity index is 2.14. The van der Waals surface area contributed by atoms with Gasteiger partial charge in [-0.1, -0.05) is 0 Å². The third-order valence-electron chi connectivity index (χ3n) is 2.68. The van der Waals surface area contributed by atoms with Gasteiger partial charge in [0.05, 0.1) is 11.9 Å². The van der Waals surface area contributed by atoms with E-state index in [0.29, 0.717) is 12.3 Å². The van der Waals surface area contributed by atoms with E-state index in [1.165, 1.54) is 0 Å². The Hall–Kier alpha value is -1.03. The van der Waals surface area contributed by atoms with Gasteiger partial charge in [-0.25, -0.2) is 0 Å². The Morgan fingerprint density at radius 3 is 3.00 bits per heavy atom. The van der Waals surface area contributed by atoms with Gasteiger partial charge in [0.2, 0.25) is 5.91 Å². The van der Waals surface area contributed by atoms with Crippen LogP contribution in [0.1, 0.15) is 13.3 Å². The molecule has 0 radical (unpaired) electrons. The van der Waals surface area contributed by atoms with Crippen molar-refractivity contribution in [3.8, 4) is 0 Å². The Morgan fingerprint density at radius 1 is 1.67 bits per heavy atom. The van der Waals surface area contributed by atoms with Crippen LogP contribution < -0.4 is 4.90 Å². The number of aryl methyl sites for hydroxylation is 1. The molecule has 1 aliphatic rings. The lowest BCUT2D eigenvalue weighted by molar-refractivity contribution is -0.117. The molecule has 4 nitrogen and oxygen atoms in total. The van der Waals surface area contributed by atoms with Crippen LogP contribution in [-0.2, 0) is 11.3 Å². The molecule has 0 bridgehead atoms. The van der Waals surface area contributed by atoms with E-state index in [1.807, 2.05) is 17.8 Å². The van der Waals surface area contributed by atoms with Crippen molar-refractivity contribution in [1.29, 1.82) is 0 Å². The first-order valence-corrected chi connectivity index (χ1v) is 5.66. The van der Waals surface area contributed by atoms with Crippen molar-refractivity contribution >= 4 is 23.2 Å². The Morgan fingerprint density at radius 2 is 2.47 bits per heavy atom. The second kappa shape index (κ2) is 4.23. The van der Waals surface area contributed by atoms with Gasteiger partial charge in [-0.2, -0.15) is 5.10 Å². The van der Waals surface area contributed by atoms with Gasteiger partial charge in [-0.3, -0.25) is 9.48 Å². The molecular weight excluding hydrogens is 214 g/mol. The van der Waals surface area contributed by atoms with Gasteiger partial charge in [-0.15, -0.1) is 11.6 Å². The fourth-order valence-corrected chi connectivity index (χ4v) is 2.01. The van der Waals surface area contributed by atoms with Gasteiger partial charge in [0.1, 0.15) is 0 Å². The van der Waals surface area contributed by atoms with Crippen molar-refractivity contribution in [2.75, 3.05) is 17.3 Å².